The lowest BCUT2D eigenvalue weighted by Gasteiger charge is -2.11. The fourth-order valence-corrected chi connectivity index (χ4v) is 1.77. The third-order valence-corrected chi connectivity index (χ3v) is 2.39. The minimum Gasteiger partial charge on any atom is -0.380 e. The zero-order valence-corrected chi connectivity index (χ0v) is 9.38. The lowest BCUT2D eigenvalue weighted by atomic mass is 10.0. The lowest BCUT2D eigenvalue weighted by Crippen LogP contribution is -2.05. The second-order valence-corrected chi connectivity index (χ2v) is 3.93. The molecule has 0 radical (unpaired) electrons. The molecule has 1 aromatic carbocycles. The van der Waals surface area contributed by atoms with Crippen LogP contribution in [0, 0.1) is 13.8 Å². The van der Waals surface area contributed by atoms with Crippen LogP contribution in [0.15, 0.2) is 36.7 Å². The molecular formula is C13H14N2O. The summed E-state index contributed by atoms with van der Waals surface area (Å²) in [6.07, 6.45) is 2.52. The van der Waals surface area contributed by atoms with Gasteiger partial charge in [0.15, 0.2) is 5.82 Å². The van der Waals surface area contributed by atoms with Crippen LogP contribution in [0.3, 0.4) is 0 Å². The van der Waals surface area contributed by atoms with E-state index >= 15 is 0 Å². The lowest BCUT2D eigenvalue weighted by molar-refractivity contribution is 0.209. The summed E-state index contributed by atoms with van der Waals surface area (Å²) in [5.41, 5.74) is 3.10. The third-order valence-electron chi connectivity index (χ3n) is 2.39. The van der Waals surface area contributed by atoms with Gasteiger partial charge in [-0.2, -0.15) is 0 Å². The molecule has 1 atom stereocenters. The summed E-state index contributed by atoms with van der Waals surface area (Å²) in [4.78, 5) is 8.11. The molecule has 3 heteroatoms. The average molecular weight is 214 g/mol. The summed E-state index contributed by atoms with van der Waals surface area (Å²) in [6.45, 7) is 4.02. The third kappa shape index (κ3) is 2.25. The molecule has 0 saturated heterocycles. The molecule has 1 unspecified atom stereocenters. The highest BCUT2D eigenvalue weighted by Crippen LogP contribution is 2.20. The summed E-state index contributed by atoms with van der Waals surface area (Å²) in [6, 6.07) is 7.71. The maximum Gasteiger partial charge on any atom is 0.161 e. The Bertz CT molecular complexity index is 462. The van der Waals surface area contributed by atoms with Gasteiger partial charge < -0.3 is 5.11 Å². The number of aliphatic hydroxyl groups excluding tert-OH is 1. The van der Waals surface area contributed by atoms with Gasteiger partial charge in [0.25, 0.3) is 0 Å². The van der Waals surface area contributed by atoms with Crippen molar-refractivity contribution in [2.45, 2.75) is 20.0 Å². The molecule has 1 aromatic heterocycles. The molecule has 0 fully saturated rings. The molecule has 2 aromatic rings. The average Bonchev–Trinajstić information content (AvgIpc) is 2.28. The van der Waals surface area contributed by atoms with Crippen molar-refractivity contribution in [2.24, 2.45) is 0 Å². The number of hydrogen-bond donors (Lipinski definition) is 1. The van der Waals surface area contributed by atoms with E-state index in [-0.39, 0.29) is 0 Å². The normalized spacial score (nSPS) is 12.4. The maximum absolute atomic E-state index is 10.1. The van der Waals surface area contributed by atoms with Gasteiger partial charge in [0.1, 0.15) is 6.10 Å². The fourth-order valence-electron chi connectivity index (χ4n) is 1.77. The van der Waals surface area contributed by atoms with E-state index in [2.05, 4.69) is 16.0 Å². The first-order valence-electron chi connectivity index (χ1n) is 5.20. The van der Waals surface area contributed by atoms with E-state index < -0.39 is 6.10 Å². The van der Waals surface area contributed by atoms with Crippen LogP contribution < -0.4 is 0 Å². The monoisotopic (exact) mass is 214 g/mol. The first-order valence-corrected chi connectivity index (χ1v) is 5.20. The van der Waals surface area contributed by atoms with E-state index in [1.54, 1.807) is 18.5 Å². The van der Waals surface area contributed by atoms with Crippen LogP contribution in [0.2, 0.25) is 0 Å². The van der Waals surface area contributed by atoms with Crippen molar-refractivity contribution in [3.05, 3.63) is 59.2 Å². The highest BCUT2D eigenvalue weighted by atomic mass is 16.3. The van der Waals surface area contributed by atoms with E-state index in [0.717, 1.165) is 16.7 Å². The standard InChI is InChI=1S/C13H14N2O/c1-9-6-10(2)8-11(7-9)12(16)13-14-4-3-5-15-13/h3-8,12,16H,1-2H3. The predicted octanol–water partition coefficient (Wildman–Crippen LogP) is 2.18. The molecule has 3 nitrogen and oxygen atoms in total. The zero-order valence-electron chi connectivity index (χ0n) is 9.38. The fraction of sp³-hybridized carbons (Fsp3) is 0.231. The Morgan fingerprint density at radius 3 is 2.12 bits per heavy atom. The SMILES string of the molecule is Cc1cc(C)cc(C(O)c2ncccn2)c1. The van der Waals surface area contributed by atoms with Crippen molar-refractivity contribution in [3.63, 3.8) is 0 Å². The van der Waals surface area contributed by atoms with Gasteiger partial charge in [0.05, 0.1) is 0 Å². The summed E-state index contributed by atoms with van der Waals surface area (Å²) >= 11 is 0. The molecule has 0 aliphatic rings. The van der Waals surface area contributed by atoms with Gasteiger partial charge >= 0.3 is 0 Å². The topological polar surface area (TPSA) is 46.0 Å². The summed E-state index contributed by atoms with van der Waals surface area (Å²) in [7, 11) is 0. The van der Waals surface area contributed by atoms with E-state index in [1.807, 2.05) is 26.0 Å². The molecule has 82 valence electrons. The van der Waals surface area contributed by atoms with Gasteiger partial charge in [-0.25, -0.2) is 9.97 Å². The first kappa shape index (κ1) is 10.8. The van der Waals surface area contributed by atoms with Crippen LogP contribution in [-0.4, -0.2) is 15.1 Å². The van der Waals surface area contributed by atoms with Gasteiger partial charge in [0, 0.05) is 12.4 Å². The van der Waals surface area contributed by atoms with Gasteiger partial charge in [-0.15, -0.1) is 0 Å². The summed E-state index contributed by atoms with van der Waals surface area (Å²) in [5, 5.41) is 10.1. The minimum atomic E-state index is -0.750. The highest BCUT2D eigenvalue weighted by Gasteiger charge is 2.13. The second kappa shape index (κ2) is 4.41. The number of hydrogen-bond acceptors (Lipinski definition) is 3. The molecule has 0 saturated carbocycles. The van der Waals surface area contributed by atoms with Crippen LogP contribution in [0.1, 0.15) is 28.6 Å². The van der Waals surface area contributed by atoms with E-state index in [9.17, 15) is 5.11 Å². The predicted molar refractivity (Wildman–Crippen MR) is 62.0 cm³/mol. The van der Waals surface area contributed by atoms with Crippen LogP contribution in [-0.2, 0) is 0 Å². The van der Waals surface area contributed by atoms with Crippen molar-refractivity contribution in [1.82, 2.24) is 9.97 Å². The Kier molecular flexibility index (Phi) is 2.97. The molecule has 16 heavy (non-hydrogen) atoms. The van der Waals surface area contributed by atoms with Crippen LogP contribution in [0.4, 0.5) is 0 Å². The van der Waals surface area contributed by atoms with Gasteiger partial charge in [-0.3, -0.25) is 0 Å². The van der Waals surface area contributed by atoms with Crippen molar-refractivity contribution in [2.75, 3.05) is 0 Å². The number of benzene rings is 1. The Morgan fingerprint density at radius 2 is 1.56 bits per heavy atom. The van der Waals surface area contributed by atoms with Crippen LogP contribution in [0.25, 0.3) is 0 Å². The van der Waals surface area contributed by atoms with Crippen LogP contribution in [0.5, 0.6) is 0 Å². The molecule has 0 aliphatic heterocycles. The van der Waals surface area contributed by atoms with Crippen molar-refractivity contribution in [3.8, 4) is 0 Å². The Morgan fingerprint density at radius 1 is 1.00 bits per heavy atom. The molecule has 0 aliphatic carbocycles. The highest BCUT2D eigenvalue weighted by molar-refractivity contribution is 5.32. The van der Waals surface area contributed by atoms with Gasteiger partial charge in [-0.1, -0.05) is 29.3 Å². The molecule has 1 heterocycles. The summed E-state index contributed by atoms with van der Waals surface area (Å²) in [5.74, 6) is 0.438. The van der Waals surface area contributed by atoms with Crippen LogP contribution >= 0.6 is 0 Å². The number of rotatable bonds is 2. The maximum atomic E-state index is 10.1. The van der Waals surface area contributed by atoms with E-state index in [0.29, 0.717) is 5.82 Å². The number of nitrogens with zero attached hydrogens (tertiary/aromatic N) is 2. The van der Waals surface area contributed by atoms with Gasteiger partial charge in [-0.05, 0) is 25.5 Å². The zero-order chi connectivity index (χ0) is 11.5. The van der Waals surface area contributed by atoms with Crippen molar-refractivity contribution in [1.29, 1.82) is 0 Å². The largest absolute Gasteiger partial charge is 0.380 e. The Hall–Kier alpha value is -1.74. The van der Waals surface area contributed by atoms with Gasteiger partial charge in [0.2, 0.25) is 0 Å². The molecule has 1 N–H and O–H groups in total. The quantitative estimate of drug-likeness (QED) is 0.833. The summed E-state index contributed by atoms with van der Waals surface area (Å²) < 4.78 is 0. The molecule has 0 spiro atoms. The number of aromatic nitrogens is 2. The van der Waals surface area contributed by atoms with Crippen molar-refractivity contribution >= 4 is 0 Å². The molecular weight excluding hydrogens is 200 g/mol. The minimum absolute atomic E-state index is 0.438. The molecule has 0 bridgehead atoms. The van der Waals surface area contributed by atoms with Crippen molar-refractivity contribution < 1.29 is 5.11 Å². The smallest absolute Gasteiger partial charge is 0.161 e. The molecule has 0 amide bonds. The Balaban J connectivity index is 2.37. The number of aliphatic hydroxyl groups is 1. The molecule has 2 rings (SSSR count). The van der Waals surface area contributed by atoms with E-state index in [1.165, 1.54) is 0 Å². The Labute approximate surface area is 94.8 Å². The number of aryl methyl sites for hydroxylation is 2. The second-order valence-electron chi connectivity index (χ2n) is 3.93. The van der Waals surface area contributed by atoms with E-state index in [4.69, 9.17) is 0 Å². The first-order chi connectivity index (χ1) is 7.66.